The molecule has 0 aliphatic heterocycles. The van der Waals surface area contributed by atoms with Crippen LogP contribution < -0.4 is 5.73 Å². The zero-order valence-electron chi connectivity index (χ0n) is 7.45. The molecule has 0 bridgehead atoms. The number of pyridine rings is 1. The maximum Gasteiger partial charge on any atom is 0.0569 e. The Morgan fingerprint density at radius 2 is 2.33 bits per heavy atom. The fourth-order valence-corrected chi connectivity index (χ4v) is 1.54. The second-order valence-electron chi connectivity index (χ2n) is 2.64. The van der Waals surface area contributed by atoms with E-state index in [1.807, 2.05) is 19.2 Å². The van der Waals surface area contributed by atoms with E-state index >= 15 is 0 Å². The van der Waals surface area contributed by atoms with Crippen LogP contribution in [0.1, 0.15) is 25.6 Å². The molecule has 3 heteroatoms. The second kappa shape index (κ2) is 4.48. The SMILES string of the molecule is CCSc1ccc([C@H](C)N)nc1. The number of rotatable bonds is 3. The Labute approximate surface area is 77.6 Å². The van der Waals surface area contributed by atoms with Crippen LogP contribution in [0.25, 0.3) is 0 Å². The van der Waals surface area contributed by atoms with Crippen molar-refractivity contribution >= 4 is 11.8 Å². The van der Waals surface area contributed by atoms with Crippen molar-refractivity contribution in [1.82, 2.24) is 4.98 Å². The van der Waals surface area contributed by atoms with Gasteiger partial charge in [-0.25, -0.2) is 0 Å². The Morgan fingerprint density at radius 3 is 2.75 bits per heavy atom. The van der Waals surface area contributed by atoms with Crippen molar-refractivity contribution in [1.29, 1.82) is 0 Å². The van der Waals surface area contributed by atoms with Gasteiger partial charge in [-0.05, 0) is 24.8 Å². The van der Waals surface area contributed by atoms with E-state index in [1.54, 1.807) is 11.8 Å². The molecule has 0 aliphatic rings. The third kappa shape index (κ3) is 2.50. The van der Waals surface area contributed by atoms with E-state index in [0.717, 1.165) is 11.4 Å². The molecule has 12 heavy (non-hydrogen) atoms. The van der Waals surface area contributed by atoms with E-state index in [4.69, 9.17) is 5.73 Å². The summed E-state index contributed by atoms with van der Waals surface area (Å²) in [6.07, 6.45) is 1.88. The lowest BCUT2D eigenvalue weighted by atomic mass is 10.2. The van der Waals surface area contributed by atoms with Crippen LogP contribution >= 0.6 is 11.8 Å². The molecule has 0 amide bonds. The number of nitrogens with two attached hydrogens (primary N) is 1. The van der Waals surface area contributed by atoms with Gasteiger partial charge in [-0.2, -0.15) is 0 Å². The highest BCUT2D eigenvalue weighted by Gasteiger charge is 1.99. The average molecular weight is 182 g/mol. The van der Waals surface area contributed by atoms with E-state index < -0.39 is 0 Å². The van der Waals surface area contributed by atoms with Crippen LogP contribution in [0.4, 0.5) is 0 Å². The minimum atomic E-state index is 0.0330. The van der Waals surface area contributed by atoms with E-state index in [0.29, 0.717) is 0 Å². The van der Waals surface area contributed by atoms with Crippen LogP contribution in [-0.2, 0) is 0 Å². The van der Waals surface area contributed by atoms with E-state index in [9.17, 15) is 0 Å². The maximum atomic E-state index is 5.67. The van der Waals surface area contributed by atoms with Crippen molar-refractivity contribution in [2.75, 3.05) is 5.75 Å². The van der Waals surface area contributed by atoms with Crippen molar-refractivity contribution in [3.63, 3.8) is 0 Å². The molecule has 0 aliphatic carbocycles. The molecule has 1 heterocycles. The first-order valence-electron chi connectivity index (χ1n) is 4.08. The second-order valence-corrected chi connectivity index (χ2v) is 3.98. The number of hydrogen-bond acceptors (Lipinski definition) is 3. The molecule has 66 valence electrons. The van der Waals surface area contributed by atoms with Crippen molar-refractivity contribution in [3.8, 4) is 0 Å². The molecule has 2 N–H and O–H groups in total. The van der Waals surface area contributed by atoms with Gasteiger partial charge in [-0.1, -0.05) is 6.92 Å². The minimum absolute atomic E-state index is 0.0330. The molecule has 0 saturated heterocycles. The first-order valence-corrected chi connectivity index (χ1v) is 5.07. The normalized spacial score (nSPS) is 12.9. The monoisotopic (exact) mass is 182 g/mol. The summed E-state index contributed by atoms with van der Waals surface area (Å²) in [7, 11) is 0. The predicted octanol–water partition coefficient (Wildman–Crippen LogP) is 2.21. The maximum absolute atomic E-state index is 5.67. The average Bonchev–Trinajstić information content (AvgIpc) is 2.06. The quantitative estimate of drug-likeness (QED) is 0.728. The molecule has 0 saturated carbocycles. The standard InChI is InChI=1S/C9H14N2S/c1-3-12-8-4-5-9(7(2)10)11-6-8/h4-7H,3,10H2,1-2H3/t7-/m0/s1. The van der Waals surface area contributed by atoms with Gasteiger partial charge < -0.3 is 5.73 Å². The molecule has 0 unspecified atom stereocenters. The lowest BCUT2D eigenvalue weighted by Gasteiger charge is -2.04. The molecule has 0 spiro atoms. The van der Waals surface area contributed by atoms with Crippen molar-refractivity contribution < 1.29 is 0 Å². The smallest absolute Gasteiger partial charge is 0.0569 e. The first kappa shape index (κ1) is 9.55. The van der Waals surface area contributed by atoms with Crippen LogP contribution in [0, 0.1) is 0 Å². The topological polar surface area (TPSA) is 38.9 Å². The Balaban J connectivity index is 2.71. The third-order valence-electron chi connectivity index (χ3n) is 1.54. The fraction of sp³-hybridized carbons (Fsp3) is 0.444. The number of hydrogen-bond donors (Lipinski definition) is 1. The van der Waals surface area contributed by atoms with Crippen LogP contribution in [0.2, 0.25) is 0 Å². The first-order chi connectivity index (χ1) is 5.74. The summed E-state index contributed by atoms with van der Waals surface area (Å²) in [4.78, 5) is 5.46. The van der Waals surface area contributed by atoms with Gasteiger partial charge in [0.25, 0.3) is 0 Å². The molecule has 0 fully saturated rings. The summed E-state index contributed by atoms with van der Waals surface area (Å²) in [6.45, 7) is 4.07. The van der Waals surface area contributed by atoms with Gasteiger partial charge >= 0.3 is 0 Å². The van der Waals surface area contributed by atoms with Gasteiger partial charge in [0, 0.05) is 17.1 Å². The summed E-state index contributed by atoms with van der Waals surface area (Å²) >= 11 is 1.79. The Hall–Kier alpha value is -0.540. The summed E-state index contributed by atoms with van der Waals surface area (Å²) < 4.78 is 0. The van der Waals surface area contributed by atoms with Gasteiger partial charge in [0.15, 0.2) is 0 Å². The molecule has 1 aromatic rings. The number of thioether (sulfide) groups is 1. The lowest BCUT2D eigenvalue weighted by Crippen LogP contribution is -2.06. The van der Waals surface area contributed by atoms with Crippen LogP contribution in [-0.4, -0.2) is 10.7 Å². The van der Waals surface area contributed by atoms with Crippen molar-refractivity contribution in [2.24, 2.45) is 5.73 Å². The molecule has 1 rings (SSSR count). The third-order valence-corrected chi connectivity index (χ3v) is 2.40. The Morgan fingerprint density at radius 1 is 1.58 bits per heavy atom. The van der Waals surface area contributed by atoms with Gasteiger partial charge in [0.2, 0.25) is 0 Å². The molecule has 0 radical (unpaired) electrons. The van der Waals surface area contributed by atoms with E-state index in [1.165, 1.54) is 4.90 Å². The Bertz CT molecular complexity index is 231. The number of aromatic nitrogens is 1. The Kier molecular flexibility index (Phi) is 3.56. The van der Waals surface area contributed by atoms with Crippen LogP contribution in [0.15, 0.2) is 23.2 Å². The molecule has 0 aromatic carbocycles. The van der Waals surface area contributed by atoms with E-state index in [2.05, 4.69) is 18.0 Å². The predicted molar refractivity (Wildman–Crippen MR) is 53.2 cm³/mol. The highest BCUT2D eigenvalue weighted by atomic mass is 32.2. The minimum Gasteiger partial charge on any atom is -0.323 e. The summed E-state index contributed by atoms with van der Waals surface area (Å²) in [6, 6.07) is 4.09. The summed E-state index contributed by atoms with van der Waals surface area (Å²) in [5, 5.41) is 0. The van der Waals surface area contributed by atoms with E-state index in [-0.39, 0.29) is 6.04 Å². The van der Waals surface area contributed by atoms with Crippen molar-refractivity contribution in [3.05, 3.63) is 24.0 Å². The lowest BCUT2D eigenvalue weighted by molar-refractivity contribution is 0.777. The zero-order valence-corrected chi connectivity index (χ0v) is 8.27. The van der Waals surface area contributed by atoms with Crippen molar-refractivity contribution in [2.45, 2.75) is 24.8 Å². The highest BCUT2D eigenvalue weighted by molar-refractivity contribution is 7.99. The van der Waals surface area contributed by atoms with Gasteiger partial charge in [0.1, 0.15) is 0 Å². The largest absolute Gasteiger partial charge is 0.323 e. The zero-order chi connectivity index (χ0) is 8.97. The fourth-order valence-electron chi connectivity index (χ4n) is 0.913. The van der Waals surface area contributed by atoms with Gasteiger partial charge in [-0.3, -0.25) is 4.98 Å². The molecular formula is C9H14N2S. The van der Waals surface area contributed by atoms with Crippen LogP contribution in [0.5, 0.6) is 0 Å². The molecule has 1 aromatic heterocycles. The summed E-state index contributed by atoms with van der Waals surface area (Å²) in [5.41, 5.74) is 6.62. The molecule has 1 atom stereocenters. The summed E-state index contributed by atoms with van der Waals surface area (Å²) in [5.74, 6) is 1.08. The van der Waals surface area contributed by atoms with Crippen LogP contribution in [0.3, 0.4) is 0 Å². The molecular weight excluding hydrogens is 168 g/mol. The highest BCUT2D eigenvalue weighted by Crippen LogP contribution is 2.17. The number of nitrogens with zero attached hydrogens (tertiary/aromatic N) is 1. The molecule has 2 nitrogen and oxygen atoms in total. The van der Waals surface area contributed by atoms with Gasteiger partial charge in [0.05, 0.1) is 5.69 Å². The van der Waals surface area contributed by atoms with Gasteiger partial charge in [-0.15, -0.1) is 11.8 Å².